The predicted octanol–water partition coefficient (Wildman–Crippen LogP) is 5.36. The molecule has 0 saturated carbocycles. The van der Waals surface area contributed by atoms with Gasteiger partial charge in [0.2, 0.25) is 0 Å². The highest BCUT2D eigenvalue weighted by atomic mass is 35.5. The Hall–Kier alpha value is -3.29. The first-order valence-corrected chi connectivity index (χ1v) is 8.66. The number of rotatable bonds is 4. The lowest BCUT2D eigenvalue weighted by molar-refractivity contribution is -0.112. The van der Waals surface area contributed by atoms with Crippen LogP contribution >= 0.6 is 11.6 Å². The summed E-state index contributed by atoms with van der Waals surface area (Å²) in [5.74, 6) is 0.0889. The Kier molecular flexibility index (Phi) is 5.44. The van der Waals surface area contributed by atoms with Crippen LogP contribution in [0.2, 0.25) is 5.02 Å². The van der Waals surface area contributed by atoms with Crippen molar-refractivity contribution in [3.05, 3.63) is 76.3 Å². The van der Waals surface area contributed by atoms with Crippen LogP contribution in [0.1, 0.15) is 11.1 Å². The largest absolute Gasteiger partial charge is 0.496 e. The number of nitrogens with one attached hydrogen (secondary N) is 1. The highest BCUT2D eigenvalue weighted by Gasteiger charge is 2.14. The maximum Gasteiger partial charge on any atom is 0.266 e. The first-order valence-electron chi connectivity index (χ1n) is 8.28. The molecule has 27 heavy (non-hydrogen) atoms. The van der Waals surface area contributed by atoms with Gasteiger partial charge in [0.15, 0.2) is 0 Å². The number of methoxy groups -OCH3 is 1. The van der Waals surface area contributed by atoms with Crippen LogP contribution in [0, 0.1) is 18.3 Å². The molecule has 3 rings (SSSR count). The van der Waals surface area contributed by atoms with Gasteiger partial charge in [-0.15, -0.1) is 0 Å². The second-order valence-corrected chi connectivity index (χ2v) is 6.42. The Morgan fingerprint density at radius 1 is 1.19 bits per heavy atom. The van der Waals surface area contributed by atoms with Gasteiger partial charge in [-0.2, -0.15) is 5.26 Å². The average Bonchev–Trinajstić information content (AvgIpc) is 2.68. The molecule has 0 aliphatic carbocycles. The van der Waals surface area contributed by atoms with Gasteiger partial charge in [-0.3, -0.25) is 4.79 Å². The van der Waals surface area contributed by atoms with E-state index < -0.39 is 5.91 Å². The molecular weight excluding hydrogens is 360 g/mol. The van der Waals surface area contributed by atoms with Gasteiger partial charge >= 0.3 is 0 Å². The predicted molar refractivity (Wildman–Crippen MR) is 109 cm³/mol. The van der Waals surface area contributed by atoms with Crippen molar-refractivity contribution in [2.45, 2.75) is 6.92 Å². The SMILES string of the molecule is COc1ccc2ccccc2c1/C=C(\C#N)C(=O)Nc1cc(Cl)ccc1C. The average molecular weight is 377 g/mol. The summed E-state index contributed by atoms with van der Waals surface area (Å²) in [5, 5.41) is 14.7. The molecule has 0 spiro atoms. The summed E-state index contributed by atoms with van der Waals surface area (Å²) in [4.78, 5) is 12.7. The molecule has 0 heterocycles. The number of aryl methyl sites for hydroxylation is 1. The molecule has 0 aromatic heterocycles. The molecule has 0 unspecified atom stereocenters. The van der Waals surface area contributed by atoms with E-state index in [0.717, 1.165) is 16.3 Å². The van der Waals surface area contributed by atoms with Crippen molar-refractivity contribution >= 4 is 40.0 Å². The molecule has 3 aromatic rings. The van der Waals surface area contributed by atoms with E-state index in [0.29, 0.717) is 22.0 Å². The van der Waals surface area contributed by atoms with Crippen LogP contribution in [0.4, 0.5) is 5.69 Å². The molecule has 0 aliphatic heterocycles. The van der Waals surface area contributed by atoms with Crippen molar-refractivity contribution in [2.75, 3.05) is 12.4 Å². The Bertz CT molecular complexity index is 1100. The van der Waals surface area contributed by atoms with Crippen molar-refractivity contribution in [1.82, 2.24) is 0 Å². The number of nitriles is 1. The molecule has 1 amide bonds. The first kappa shape index (κ1) is 18.5. The van der Waals surface area contributed by atoms with Crippen LogP contribution in [-0.2, 0) is 4.79 Å². The first-order chi connectivity index (χ1) is 13.0. The highest BCUT2D eigenvalue weighted by molar-refractivity contribution is 6.31. The zero-order valence-corrected chi connectivity index (χ0v) is 15.7. The zero-order valence-electron chi connectivity index (χ0n) is 14.9. The normalized spacial score (nSPS) is 11.1. The van der Waals surface area contributed by atoms with Gasteiger partial charge in [-0.1, -0.05) is 48.0 Å². The van der Waals surface area contributed by atoms with E-state index in [1.54, 1.807) is 31.4 Å². The lowest BCUT2D eigenvalue weighted by Crippen LogP contribution is -2.14. The Balaban J connectivity index is 2.04. The fraction of sp³-hybridized carbons (Fsp3) is 0.0909. The fourth-order valence-corrected chi connectivity index (χ4v) is 2.99. The molecule has 1 N–H and O–H groups in total. The van der Waals surface area contributed by atoms with Crippen LogP contribution in [-0.4, -0.2) is 13.0 Å². The summed E-state index contributed by atoms with van der Waals surface area (Å²) in [6.45, 7) is 1.86. The van der Waals surface area contributed by atoms with Crippen LogP contribution in [0.25, 0.3) is 16.8 Å². The number of hydrogen-bond acceptors (Lipinski definition) is 3. The molecular formula is C22H17ClN2O2. The molecule has 4 nitrogen and oxygen atoms in total. The smallest absolute Gasteiger partial charge is 0.266 e. The summed E-state index contributed by atoms with van der Waals surface area (Å²) in [6.07, 6.45) is 1.55. The standard InChI is InChI=1S/C22H17ClN2O2/c1-14-7-9-17(23)12-20(14)25-22(26)16(13-24)11-19-18-6-4-3-5-15(18)8-10-21(19)27-2/h3-12H,1-2H3,(H,25,26)/b16-11+. The molecule has 0 atom stereocenters. The molecule has 134 valence electrons. The van der Waals surface area contributed by atoms with E-state index in [-0.39, 0.29) is 5.57 Å². The van der Waals surface area contributed by atoms with Crippen LogP contribution in [0.3, 0.4) is 0 Å². The Labute approximate surface area is 162 Å². The maximum atomic E-state index is 12.7. The van der Waals surface area contributed by atoms with E-state index in [2.05, 4.69) is 5.32 Å². The van der Waals surface area contributed by atoms with Crippen LogP contribution in [0.15, 0.2) is 60.2 Å². The lowest BCUT2D eigenvalue weighted by atomic mass is 10.0. The van der Waals surface area contributed by atoms with Crippen molar-refractivity contribution in [3.63, 3.8) is 0 Å². The minimum Gasteiger partial charge on any atom is -0.496 e. The number of carbonyl (C=O) groups is 1. The molecule has 0 saturated heterocycles. The van der Waals surface area contributed by atoms with E-state index >= 15 is 0 Å². The van der Waals surface area contributed by atoms with E-state index in [9.17, 15) is 10.1 Å². The van der Waals surface area contributed by atoms with Crippen LogP contribution in [0.5, 0.6) is 5.75 Å². The second kappa shape index (κ2) is 7.94. The topological polar surface area (TPSA) is 62.1 Å². The third-order valence-corrected chi connectivity index (χ3v) is 4.49. The molecule has 0 aliphatic rings. The van der Waals surface area contributed by atoms with Gasteiger partial charge in [0.05, 0.1) is 7.11 Å². The number of carbonyl (C=O) groups excluding carboxylic acids is 1. The molecule has 0 radical (unpaired) electrons. The molecule has 0 fully saturated rings. The molecule has 3 aromatic carbocycles. The van der Waals surface area contributed by atoms with Gasteiger partial charge in [0, 0.05) is 16.3 Å². The molecule has 5 heteroatoms. The molecule has 0 bridgehead atoms. The summed E-state index contributed by atoms with van der Waals surface area (Å²) in [7, 11) is 1.56. The third kappa shape index (κ3) is 3.94. The van der Waals surface area contributed by atoms with Gasteiger partial charge in [-0.05, 0) is 47.5 Å². The van der Waals surface area contributed by atoms with Crippen molar-refractivity contribution < 1.29 is 9.53 Å². The van der Waals surface area contributed by atoms with Crippen molar-refractivity contribution in [3.8, 4) is 11.8 Å². The summed E-state index contributed by atoms with van der Waals surface area (Å²) >= 11 is 6.00. The van der Waals surface area contributed by atoms with E-state index in [1.165, 1.54) is 0 Å². The minimum atomic E-state index is -0.502. The number of benzene rings is 3. The summed E-state index contributed by atoms with van der Waals surface area (Å²) in [6, 6.07) is 18.7. The number of anilines is 1. The summed E-state index contributed by atoms with van der Waals surface area (Å²) in [5.41, 5.74) is 2.08. The van der Waals surface area contributed by atoms with Crippen molar-refractivity contribution in [2.24, 2.45) is 0 Å². The summed E-state index contributed by atoms with van der Waals surface area (Å²) < 4.78 is 5.43. The zero-order chi connectivity index (χ0) is 19.4. The lowest BCUT2D eigenvalue weighted by Gasteiger charge is -2.11. The number of nitrogens with zero attached hydrogens (tertiary/aromatic N) is 1. The van der Waals surface area contributed by atoms with Gasteiger partial charge < -0.3 is 10.1 Å². The maximum absolute atomic E-state index is 12.7. The van der Waals surface area contributed by atoms with Crippen LogP contribution < -0.4 is 10.1 Å². The number of amides is 1. The monoisotopic (exact) mass is 376 g/mol. The second-order valence-electron chi connectivity index (χ2n) is 5.99. The third-order valence-electron chi connectivity index (χ3n) is 4.25. The number of ether oxygens (including phenoxy) is 1. The van der Waals surface area contributed by atoms with E-state index in [1.807, 2.05) is 49.4 Å². The van der Waals surface area contributed by atoms with Crippen molar-refractivity contribution in [1.29, 1.82) is 5.26 Å². The van der Waals surface area contributed by atoms with Gasteiger partial charge in [0.25, 0.3) is 5.91 Å². The minimum absolute atomic E-state index is 0.0240. The van der Waals surface area contributed by atoms with Gasteiger partial charge in [-0.25, -0.2) is 0 Å². The number of fused-ring (bicyclic) bond motifs is 1. The Morgan fingerprint density at radius 3 is 2.70 bits per heavy atom. The van der Waals surface area contributed by atoms with Gasteiger partial charge in [0.1, 0.15) is 17.4 Å². The fourth-order valence-electron chi connectivity index (χ4n) is 2.81. The van der Waals surface area contributed by atoms with E-state index in [4.69, 9.17) is 16.3 Å². The number of hydrogen-bond donors (Lipinski definition) is 1. The number of halogens is 1. The highest BCUT2D eigenvalue weighted by Crippen LogP contribution is 2.30. The Morgan fingerprint density at radius 2 is 1.96 bits per heavy atom. The quantitative estimate of drug-likeness (QED) is 0.492.